The summed E-state index contributed by atoms with van der Waals surface area (Å²) in [6.45, 7) is 3.90. The molecule has 2 amide bonds. The molecule has 0 unspecified atom stereocenters. The maximum atomic E-state index is 12.3. The van der Waals surface area contributed by atoms with E-state index < -0.39 is 11.9 Å². The van der Waals surface area contributed by atoms with Crippen molar-refractivity contribution in [3.05, 3.63) is 46.3 Å². The molecule has 0 fully saturated rings. The maximum absolute atomic E-state index is 12.3. The Balaban J connectivity index is 2.17. The third-order valence-electron chi connectivity index (χ3n) is 3.64. The fourth-order valence-corrected chi connectivity index (χ4v) is 3.44. The third-order valence-corrected chi connectivity index (χ3v) is 4.85. The maximum Gasteiger partial charge on any atom is 0.341 e. The molecule has 0 saturated heterocycles. The standard InChI is InChI=1S/C19H22N2O5S/c1-4-10-20-17(23)16-12(2)15(19(24)25-3)18(27-16)21-14(22)11-26-13-8-6-5-7-9-13/h5-9H,4,10-11H2,1-3H3,(H,20,23)(H,21,22). The van der Waals surface area contributed by atoms with Crippen LogP contribution in [0.2, 0.25) is 0 Å². The van der Waals surface area contributed by atoms with E-state index in [0.717, 1.165) is 17.8 Å². The fourth-order valence-electron chi connectivity index (χ4n) is 2.31. The summed E-state index contributed by atoms with van der Waals surface area (Å²) in [4.78, 5) is 37.0. The van der Waals surface area contributed by atoms with E-state index in [0.29, 0.717) is 22.7 Å². The van der Waals surface area contributed by atoms with E-state index in [1.54, 1.807) is 31.2 Å². The van der Waals surface area contributed by atoms with Gasteiger partial charge < -0.3 is 20.1 Å². The van der Waals surface area contributed by atoms with Gasteiger partial charge in [0.05, 0.1) is 17.6 Å². The Morgan fingerprint density at radius 1 is 1.15 bits per heavy atom. The number of nitrogens with one attached hydrogen (secondary N) is 2. The zero-order chi connectivity index (χ0) is 19.8. The molecule has 1 aromatic heterocycles. The van der Waals surface area contributed by atoms with Gasteiger partial charge in [0, 0.05) is 6.54 Å². The van der Waals surface area contributed by atoms with Crippen molar-refractivity contribution in [2.24, 2.45) is 0 Å². The summed E-state index contributed by atoms with van der Waals surface area (Å²) in [7, 11) is 1.25. The molecule has 2 rings (SSSR count). The molecule has 0 saturated carbocycles. The minimum atomic E-state index is -0.613. The number of hydrogen-bond acceptors (Lipinski definition) is 6. The Bertz CT molecular complexity index is 817. The van der Waals surface area contributed by atoms with Gasteiger partial charge in [-0.1, -0.05) is 25.1 Å². The number of thiophene rings is 1. The average Bonchev–Trinajstić information content (AvgIpc) is 3.00. The summed E-state index contributed by atoms with van der Waals surface area (Å²) in [5, 5.41) is 5.68. The second-order valence-corrected chi connectivity index (χ2v) is 6.68. The van der Waals surface area contributed by atoms with Crippen LogP contribution in [0.1, 0.15) is 38.9 Å². The fraction of sp³-hybridized carbons (Fsp3) is 0.316. The molecule has 0 radical (unpaired) electrons. The lowest BCUT2D eigenvalue weighted by molar-refractivity contribution is -0.118. The average molecular weight is 390 g/mol. The molecule has 27 heavy (non-hydrogen) atoms. The van der Waals surface area contributed by atoms with Crippen LogP contribution in [0.3, 0.4) is 0 Å². The second-order valence-electron chi connectivity index (χ2n) is 5.66. The first-order valence-corrected chi connectivity index (χ1v) is 9.27. The van der Waals surface area contributed by atoms with Crippen molar-refractivity contribution in [3.63, 3.8) is 0 Å². The molecule has 0 spiro atoms. The predicted octanol–water partition coefficient (Wildman–Crippen LogP) is 3.00. The molecule has 7 nitrogen and oxygen atoms in total. The number of carbonyl (C=O) groups excluding carboxylic acids is 3. The lowest BCUT2D eigenvalue weighted by Gasteiger charge is -2.07. The van der Waals surface area contributed by atoms with E-state index in [-0.39, 0.29) is 23.1 Å². The Hall–Kier alpha value is -2.87. The smallest absolute Gasteiger partial charge is 0.341 e. The number of methoxy groups -OCH3 is 1. The molecule has 144 valence electrons. The Morgan fingerprint density at radius 2 is 1.85 bits per heavy atom. The van der Waals surface area contributed by atoms with E-state index in [4.69, 9.17) is 9.47 Å². The number of hydrogen-bond donors (Lipinski definition) is 2. The van der Waals surface area contributed by atoms with Crippen molar-refractivity contribution in [1.29, 1.82) is 0 Å². The van der Waals surface area contributed by atoms with E-state index >= 15 is 0 Å². The first-order valence-electron chi connectivity index (χ1n) is 8.45. The number of esters is 1. The lowest BCUT2D eigenvalue weighted by Crippen LogP contribution is -2.23. The Labute approximate surface area is 161 Å². The highest BCUT2D eigenvalue weighted by atomic mass is 32.1. The Kier molecular flexibility index (Phi) is 7.36. The van der Waals surface area contributed by atoms with Gasteiger partial charge in [0.15, 0.2) is 6.61 Å². The minimum Gasteiger partial charge on any atom is -0.484 e. The second kappa shape index (κ2) is 9.72. The lowest BCUT2D eigenvalue weighted by atomic mass is 10.1. The molecule has 2 aromatic rings. The molecular formula is C19H22N2O5S. The quantitative estimate of drug-likeness (QED) is 0.676. The number of carbonyl (C=O) groups is 3. The summed E-state index contributed by atoms with van der Waals surface area (Å²) < 4.78 is 10.2. The van der Waals surface area contributed by atoms with Crippen LogP contribution < -0.4 is 15.4 Å². The topological polar surface area (TPSA) is 93.7 Å². The highest BCUT2D eigenvalue weighted by molar-refractivity contribution is 7.18. The van der Waals surface area contributed by atoms with Crippen molar-refractivity contribution in [1.82, 2.24) is 5.32 Å². The van der Waals surface area contributed by atoms with Gasteiger partial charge in [0.1, 0.15) is 10.8 Å². The molecule has 0 aliphatic heterocycles. The highest BCUT2D eigenvalue weighted by Gasteiger charge is 2.26. The summed E-state index contributed by atoms with van der Waals surface area (Å²) in [5.41, 5.74) is 0.650. The predicted molar refractivity (Wildman–Crippen MR) is 104 cm³/mol. The number of rotatable bonds is 8. The van der Waals surface area contributed by atoms with E-state index in [2.05, 4.69) is 10.6 Å². The first kappa shape index (κ1) is 20.4. The summed E-state index contributed by atoms with van der Waals surface area (Å²) in [6, 6.07) is 8.91. The third kappa shape index (κ3) is 5.30. The van der Waals surface area contributed by atoms with Crippen LogP contribution in [0.5, 0.6) is 5.75 Å². The molecule has 2 N–H and O–H groups in total. The van der Waals surface area contributed by atoms with E-state index in [1.165, 1.54) is 7.11 Å². The number of amides is 2. The van der Waals surface area contributed by atoms with E-state index in [9.17, 15) is 14.4 Å². The molecule has 1 heterocycles. The van der Waals surface area contributed by atoms with Gasteiger partial charge in [-0.05, 0) is 31.0 Å². The molecule has 1 aromatic carbocycles. The molecule has 0 atom stereocenters. The zero-order valence-electron chi connectivity index (χ0n) is 15.5. The molecule has 0 aliphatic rings. The van der Waals surface area contributed by atoms with Crippen LogP contribution in [0, 0.1) is 6.92 Å². The van der Waals surface area contributed by atoms with Gasteiger partial charge in [-0.3, -0.25) is 9.59 Å². The number of para-hydroxylation sites is 1. The molecular weight excluding hydrogens is 368 g/mol. The summed E-state index contributed by atoms with van der Waals surface area (Å²) in [5.74, 6) is -0.781. The van der Waals surface area contributed by atoms with Crippen LogP contribution >= 0.6 is 11.3 Å². The minimum absolute atomic E-state index is 0.178. The van der Waals surface area contributed by atoms with Crippen LogP contribution in [0.4, 0.5) is 5.00 Å². The van der Waals surface area contributed by atoms with Crippen molar-refractivity contribution in [2.45, 2.75) is 20.3 Å². The molecule has 0 aliphatic carbocycles. The van der Waals surface area contributed by atoms with Gasteiger partial charge in [0.25, 0.3) is 11.8 Å². The summed E-state index contributed by atoms with van der Waals surface area (Å²) >= 11 is 1.04. The highest BCUT2D eigenvalue weighted by Crippen LogP contribution is 2.33. The van der Waals surface area contributed by atoms with E-state index in [1.807, 2.05) is 13.0 Å². The van der Waals surface area contributed by atoms with Gasteiger partial charge in [-0.2, -0.15) is 0 Å². The number of benzene rings is 1. The van der Waals surface area contributed by atoms with Crippen LogP contribution in [-0.4, -0.2) is 38.0 Å². The largest absolute Gasteiger partial charge is 0.484 e. The zero-order valence-corrected chi connectivity index (χ0v) is 16.3. The number of anilines is 1. The van der Waals surface area contributed by atoms with Gasteiger partial charge in [0.2, 0.25) is 0 Å². The van der Waals surface area contributed by atoms with Gasteiger partial charge >= 0.3 is 5.97 Å². The Morgan fingerprint density at radius 3 is 2.48 bits per heavy atom. The van der Waals surface area contributed by atoms with Crippen molar-refractivity contribution >= 4 is 34.1 Å². The SMILES string of the molecule is CCCNC(=O)c1sc(NC(=O)COc2ccccc2)c(C(=O)OC)c1C. The van der Waals surface area contributed by atoms with Crippen molar-refractivity contribution < 1.29 is 23.9 Å². The molecule has 8 heteroatoms. The van der Waals surface area contributed by atoms with Crippen LogP contribution in [0.25, 0.3) is 0 Å². The van der Waals surface area contributed by atoms with Crippen LogP contribution in [-0.2, 0) is 9.53 Å². The monoisotopic (exact) mass is 390 g/mol. The first-order chi connectivity index (χ1) is 13.0. The van der Waals surface area contributed by atoms with Crippen molar-refractivity contribution in [2.75, 3.05) is 25.6 Å². The normalized spacial score (nSPS) is 10.2. The summed E-state index contributed by atoms with van der Waals surface area (Å²) in [6.07, 6.45) is 0.792. The van der Waals surface area contributed by atoms with Crippen LogP contribution in [0.15, 0.2) is 30.3 Å². The number of ether oxygens (including phenoxy) is 2. The molecule has 0 bridgehead atoms. The van der Waals surface area contributed by atoms with Gasteiger partial charge in [-0.25, -0.2) is 4.79 Å². The van der Waals surface area contributed by atoms with Crippen molar-refractivity contribution in [3.8, 4) is 5.75 Å². The van der Waals surface area contributed by atoms with Gasteiger partial charge in [-0.15, -0.1) is 11.3 Å².